The Morgan fingerprint density at radius 1 is 1.14 bits per heavy atom. The van der Waals surface area contributed by atoms with Gasteiger partial charge in [-0.3, -0.25) is 0 Å². The van der Waals surface area contributed by atoms with Crippen LogP contribution in [0.5, 0.6) is 0 Å². The van der Waals surface area contributed by atoms with Gasteiger partial charge in [0.1, 0.15) is 0 Å². The van der Waals surface area contributed by atoms with Crippen LogP contribution in [0, 0.1) is 15.3 Å². The Bertz CT molecular complexity index is 29.9. The molecule has 0 saturated heterocycles. The van der Waals surface area contributed by atoms with Crippen molar-refractivity contribution in [3.8, 4) is 0 Å². The van der Waals surface area contributed by atoms with Gasteiger partial charge in [0.25, 0.3) is 0 Å². The van der Waals surface area contributed by atoms with Crippen molar-refractivity contribution in [3.63, 3.8) is 0 Å². The van der Waals surface area contributed by atoms with E-state index in [4.69, 9.17) is 15.3 Å². The highest BCUT2D eigenvalue weighted by Gasteiger charge is 1.45. The van der Waals surface area contributed by atoms with Gasteiger partial charge < -0.3 is 33.8 Å². The fourth-order valence-electron chi connectivity index (χ4n) is 0. The van der Waals surface area contributed by atoms with E-state index < -0.39 is 5.09 Å². The van der Waals surface area contributed by atoms with Gasteiger partial charge in [-0.05, 0) is 0 Å². The molecule has 7 heteroatoms. The van der Waals surface area contributed by atoms with E-state index in [9.17, 15) is 0 Å². The van der Waals surface area contributed by atoms with Crippen molar-refractivity contribution in [2.24, 2.45) is 0 Å². The predicted molar refractivity (Wildman–Crippen MR) is 26.4 cm³/mol. The topological polar surface area (TPSA) is 173 Å². The lowest BCUT2D eigenvalue weighted by Gasteiger charge is -1.74. The first-order valence-corrected chi connectivity index (χ1v) is 0.548. The van der Waals surface area contributed by atoms with Gasteiger partial charge in [0.15, 0.2) is 0 Å². The van der Waals surface area contributed by atoms with Crippen molar-refractivity contribution in [3.05, 3.63) is 15.3 Å². The number of nitrogens with zero attached hydrogens (tertiary/aromatic N) is 1. The lowest BCUT2D eigenvalue weighted by Crippen LogP contribution is -1.74. The normalized spacial score (nSPS) is 3.43. The molecule has 0 aromatic carbocycles. The van der Waals surface area contributed by atoms with Gasteiger partial charge in [-0.1, -0.05) is 0 Å². The summed E-state index contributed by atoms with van der Waals surface area (Å²) in [5.74, 6) is 0. The fraction of sp³-hybridized carbons (Fsp3) is 0. The van der Waals surface area contributed by atoms with Crippen LogP contribution in [0.2, 0.25) is 0 Å². The van der Waals surface area contributed by atoms with Gasteiger partial charge in [-0.25, -0.2) is 0 Å². The molecule has 48 valence electrons. The monoisotopic (exact) mass is 114 g/mol. The van der Waals surface area contributed by atoms with E-state index in [1.165, 1.54) is 0 Å². The zero-order valence-electron chi connectivity index (χ0n) is 4.09. The number of rotatable bonds is 0. The Kier molecular flexibility index (Phi) is 101. The smallest absolute Gasteiger partial charge is 0.0689 e. The second kappa shape index (κ2) is 19.5. The summed E-state index contributed by atoms with van der Waals surface area (Å²) in [6.07, 6.45) is 0. The number of quaternary nitrogens is 1. The molecule has 0 radical (unpaired) electrons. The molecule has 0 bridgehead atoms. The highest BCUT2D eigenvalue weighted by atomic mass is 16.9. The molecule has 7 nitrogen and oxygen atoms in total. The minimum Gasteiger partial charge on any atom is -0.369 e. The maximum Gasteiger partial charge on any atom is 0.0689 e. The van der Waals surface area contributed by atoms with E-state index >= 15 is 0 Å². The number of hydrogen-bond acceptors (Lipinski definition) is 5. The summed E-state index contributed by atoms with van der Waals surface area (Å²) in [6.45, 7) is 0. The van der Waals surface area contributed by atoms with Crippen molar-refractivity contribution < 1.29 is 5.09 Å². The molecule has 10 N–H and O–H groups in total. The first-order chi connectivity index (χ1) is 1.73. The molecule has 0 rings (SSSR count). The molecule has 0 aliphatic carbocycles. The standard InChI is InChI=1S/NO3.3H3N/c2-1(3)4;;;/h;3*1H3/q-1;;;/p+1. The molecule has 0 unspecified atom stereocenters. The predicted octanol–water partition coefficient (Wildman–Crippen LogP) is 0.461. The minimum atomic E-state index is -1.75. The summed E-state index contributed by atoms with van der Waals surface area (Å²) in [6, 6.07) is 0. The summed E-state index contributed by atoms with van der Waals surface area (Å²) < 4.78 is 0. The highest BCUT2D eigenvalue weighted by molar-refractivity contribution is 4.03. The molecule has 0 aliphatic rings. The van der Waals surface area contributed by atoms with Crippen LogP contribution in [0.15, 0.2) is 0 Å². The van der Waals surface area contributed by atoms with Crippen molar-refractivity contribution in [1.82, 2.24) is 18.5 Å². The van der Waals surface area contributed by atoms with E-state index in [0.717, 1.165) is 0 Å². The lowest BCUT2D eigenvalue weighted by atomic mass is 13.1. The molecule has 0 aromatic heterocycles. The molecular formula is H10N4O3. The summed E-state index contributed by atoms with van der Waals surface area (Å²) in [7, 11) is 0. The van der Waals surface area contributed by atoms with Gasteiger partial charge in [-0.2, -0.15) is 0 Å². The molecule has 7 heavy (non-hydrogen) atoms. The van der Waals surface area contributed by atoms with Crippen LogP contribution in [0.25, 0.3) is 0 Å². The van der Waals surface area contributed by atoms with Gasteiger partial charge in [0, 0.05) is 0 Å². The second-order valence-corrected chi connectivity index (χ2v) is 0.224. The van der Waals surface area contributed by atoms with Gasteiger partial charge in [-0.15, -0.1) is 0 Å². The fourth-order valence-corrected chi connectivity index (χ4v) is 0. The Morgan fingerprint density at radius 3 is 1.14 bits per heavy atom. The number of hydrogen-bond donors (Lipinski definition) is 3. The molecule has 0 aliphatic heterocycles. The second-order valence-electron chi connectivity index (χ2n) is 0.224. The van der Waals surface area contributed by atoms with Crippen LogP contribution in [0.1, 0.15) is 0 Å². The van der Waals surface area contributed by atoms with E-state index in [0.29, 0.717) is 0 Å². The zero-order valence-corrected chi connectivity index (χ0v) is 4.09. The van der Waals surface area contributed by atoms with Gasteiger partial charge >= 0.3 is 0 Å². The third kappa shape index (κ3) is 56.9. The first kappa shape index (κ1) is 36.3. The highest BCUT2D eigenvalue weighted by Crippen LogP contribution is 1.44. The summed E-state index contributed by atoms with van der Waals surface area (Å²) in [4.78, 5) is 8.25. The Labute approximate surface area is 40.2 Å². The first-order valence-electron chi connectivity index (χ1n) is 0.548. The van der Waals surface area contributed by atoms with Crippen molar-refractivity contribution in [1.29, 1.82) is 0 Å². The van der Waals surface area contributed by atoms with E-state index in [1.807, 2.05) is 0 Å². The average Bonchev–Trinajstić information content (AvgIpc) is 0.811. The molecule has 0 saturated carbocycles. The summed E-state index contributed by atoms with van der Waals surface area (Å²) in [5, 5.41) is 14.8. The third-order valence-corrected chi connectivity index (χ3v) is 0. The summed E-state index contributed by atoms with van der Waals surface area (Å²) >= 11 is 0. The van der Waals surface area contributed by atoms with Crippen molar-refractivity contribution in [2.45, 2.75) is 0 Å². The molecule has 0 fully saturated rings. The van der Waals surface area contributed by atoms with Crippen LogP contribution in [-0.2, 0) is 0 Å². The van der Waals surface area contributed by atoms with Crippen LogP contribution >= 0.6 is 0 Å². The molecule has 0 spiro atoms. The molecule has 0 aromatic rings. The quantitative estimate of drug-likeness (QED) is 0.305. The van der Waals surface area contributed by atoms with Crippen molar-refractivity contribution >= 4 is 0 Å². The van der Waals surface area contributed by atoms with Gasteiger partial charge in [0.05, 0.1) is 5.09 Å². The van der Waals surface area contributed by atoms with Crippen LogP contribution < -0.4 is 18.5 Å². The van der Waals surface area contributed by atoms with Gasteiger partial charge in [0.2, 0.25) is 0 Å². The van der Waals surface area contributed by atoms with E-state index in [1.54, 1.807) is 0 Å². The lowest BCUT2D eigenvalue weighted by molar-refractivity contribution is -0.402. The van der Waals surface area contributed by atoms with E-state index in [-0.39, 0.29) is 18.5 Å². The molecule has 0 amide bonds. The van der Waals surface area contributed by atoms with Crippen LogP contribution in [-0.4, -0.2) is 5.09 Å². The van der Waals surface area contributed by atoms with Crippen molar-refractivity contribution in [2.75, 3.05) is 0 Å². The molecular weight excluding hydrogens is 104 g/mol. The summed E-state index contributed by atoms with van der Waals surface area (Å²) in [5.41, 5.74) is 0. The molecule has 0 atom stereocenters. The largest absolute Gasteiger partial charge is 0.369 e. The maximum atomic E-state index is 8.25. The minimum absolute atomic E-state index is 0. The van der Waals surface area contributed by atoms with E-state index in [2.05, 4.69) is 0 Å². The Balaban J connectivity index is -0.0000000150. The SMILES string of the molecule is N.N.O=[N+]([O-])[O-].[NH4+]. The Hall–Kier alpha value is -0.920. The third-order valence-electron chi connectivity index (χ3n) is 0. The van der Waals surface area contributed by atoms with Crippen LogP contribution in [0.4, 0.5) is 0 Å². The molecule has 0 heterocycles. The maximum absolute atomic E-state index is 8.25. The Morgan fingerprint density at radius 2 is 1.14 bits per heavy atom. The average molecular weight is 114 g/mol. The van der Waals surface area contributed by atoms with Crippen LogP contribution in [0.3, 0.4) is 0 Å². The zero-order chi connectivity index (χ0) is 3.58.